The third-order valence-electron chi connectivity index (χ3n) is 5.31. The van der Waals surface area contributed by atoms with Crippen molar-refractivity contribution in [2.75, 3.05) is 5.75 Å². The molecule has 0 radical (unpaired) electrons. The molecule has 162 valence electrons. The van der Waals surface area contributed by atoms with Gasteiger partial charge < -0.3 is 4.57 Å². The van der Waals surface area contributed by atoms with E-state index in [0.29, 0.717) is 5.16 Å². The van der Waals surface area contributed by atoms with Crippen LogP contribution in [-0.4, -0.2) is 37.1 Å². The van der Waals surface area contributed by atoms with Crippen molar-refractivity contribution in [3.05, 3.63) is 74.6 Å². The number of carbonyl (C=O) groups excluding carboxylic acids is 1. The number of carbonyl (C=O) groups is 1. The van der Waals surface area contributed by atoms with Crippen molar-refractivity contribution in [3.8, 4) is 11.4 Å². The summed E-state index contributed by atoms with van der Waals surface area (Å²) in [5.74, 6) is 1.01. The molecule has 3 aromatic heterocycles. The molecule has 0 unspecified atom stereocenters. The van der Waals surface area contributed by atoms with Gasteiger partial charge in [0.15, 0.2) is 11.0 Å². The summed E-state index contributed by atoms with van der Waals surface area (Å²) in [5, 5.41) is 19.8. The van der Waals surface area contributed by atoms with Crippen molar-refractivity contribution in [3.63, 3.8) is 0 Å². The average molecular weight is 480 g/mol. The number of thiophene rings is 2. The van der Waals surface area contributed by atoms with Crippen LogP contribution in [0.25, 0.3) is 11.4 Å². The summed E-state index contributed by atoms with van der Waals surface area (Å²) < 4.78 is 1.93. The van der Waals surface area contributed by atoms with E-state index in [4.69, 9.17) is 5.10 Å². The number of hydrazone groups is 1. The zero-order valence-corrected chi connectivity index (χ0v) is 20.1. The number of aryl methyl sites for hydroxylation is 1. The van der Waals surface area contributed by atoms with Gasteiger partial charge in [0, 0.05) is 23.9 Å². The van der Waals surface area contributed by atoms with Gasteiger partial charge >= 0.3 is 0 Å². The first-order chi connectivity index (χ1) is 15.6. The highest BCUT2D eigenvalue weighted by atomic mass is 32.2. The smallest absolute Gasteiger partial charge is 0.253 e. The minimum atomic E-state index is -0.0529. The summed E-state index contributed by atoms with van der Waals surface area (Å²) in [5.41, 5.74) is 3.17. The first-order valence-corrected chi connectivity index (χ1v) is 12.9. The van der Waals surface area contributed by atoms with E-state index in [1.807, 2.05) is 46.6 Å². The maximum Gasteiger partial charge on any atom is 0.253 e. The van der Waals surface area contributed by atoms with Crippen LogP contribution in [0.4, 0.5) is 0 Å². The Kier molecular flexibility index (Phi) is 5.95. The number of benzene rings is 1. The normalized spacial score (nSPS) is 15.9. The lowest BCUT2D eigenvalue weighted by molar-refractivity contribution is -0.130. The van der Waals surface area contributed by atoms with Crippen LogP contribution in [0.3, 0.4) is 0 Å². The summed E-state index contributed by atoms with van der Waals surface area (Å²) in [6.07, 6.45) is 0.735. The van der Waals surface area contributed by atoms with Crippen LogP contribution in [0.1, 0.15) is 27.8 Å². The number of hydrogen-bond acceptors (Lipinski definition) is 7. The van der Waals surface area contributed by atoms with Crippen molar-refractivity contribution >= 4 is 46.1 Å². The van der Waals surface area contributed by atoms with Crippen LogP contribution in [0.2, 0.25) is 0 Å². The minimum absolute atomic E-state index is 0.0279. The number of aromatic nitrogens is 3. The Hall–Kier alpha value is -2.75. The Morgan fingerprint density at radius 1 is 1.09 bits per heavy atom. The first kappa shape index (κ1) is 21.1. The van der Waals surface area contributed by atoms with Crippen LogP contribution in [-0.2, 0) is 11.8 Å². The average Bonchev–Trinajstić information content (AvgIpc) is 3.59. The second kappa shape index (κ2) is 9.01. The van der Waals surface area contributed by atoms with Gasteiger partial charge in [-0.2, -0.15) is 5.10 Å². The fourth-order valence-corrected chi connectivity index (χ4v) is 5.92. The van der Waals surface area contributed by atoms with Crippen LogP contribution in [0.15, 0.2) is 69.5 Å². The fraction of sp³-hybridized carbons (Fsp3) is 0.217. The molecule has 1 aromatic carbocycles. The molecule has 0 saturated carbocycles. The van der Waals surface area contributed by atoms with Crippen LogP contribution in [0, 0.1) is 6.92 Å². The van der Waals surface area contributed by atoms with E-state index in [0.717, 1.165) is 33.3 Å². The Labute approximate surface area is 198 Å². The van der Waals surface area contributed by atoms with E-state index in [2.05, 4.69) is 41.4 Å². The van der Waals surface area contributed by atoms with Gasteiger partial charge in [0.05, 0.1) is 22.4 Å². The summed E-state index contributed by atoms with van der Waals surface area (Å²) in [7, 11) is 1.93. The van der Waals surface area contributed by atoms with Crippen molar-refractivity contribution in [2.24, 2.45) is 12.1 Å². The lowest BCUT2D eigenvalue weighted by Gasteiger charge is -2.20. The quantitative estimate of drug-likeness (QED) is 0.348. The summed E-state index contributed by atoms with van der Waals surface area (Å²) in [6.45, 7) is 2.06. The van der Waals surface area contributed by atoms with Crippen molar-refractivity contribution in [1.82, 2.24) is 19.8 Å². The standard InChI is InChI=1S/C23H21N5OS3/c1-15-7-9-16(10-8-15)22-24-25-23(27(22)2)32-14-21(29)28-18(20-6-4-12-31-20)13-17(26-28)19-5-3-11-30-19/h3-12,18H,13-14H2,1-2H3/t18-/m0/s1. The van der Waals surface area contributed by atoms with E-state index in [-0.39, 0.29) is 17.7 Å². The van der Waals surface area contributed by atoms with E-state index in [1.54, 1.807) is 27.7 Å². The highest BCUT2D eigenvalue weighted by Gasteiger charge is 2.34. The van der Waals surface area contributed by atoms with Gasteiger partial charge in [-0.15, -0.1) is 32.9 Å². The Bertz CT molecular complexity index is 1240. The number of hydrogen-bond donors (Lipinski definition) is 0. The number of thioether (sulfide) groups is 1. The van der Waals surface area contributed by atoms with Crippen molar-refractivity contribution in [1.29, 1.82) is 0 Å². The summed E-state index contributed by atoms with van der Waals surface area (Å²) in [4.78, 5) is 15.5. The molecule has 4 aromatic rings. The summed E-state index contributed by atoms with van der Waals surface area (Å²) >= 11 is 4.71. The second-order valence-corrected chi connectivity index (χ2v) is 10.4. The van der Waals surface area contributed by atoms with E-state index in [9.17, 15) is 4.79 Å². The molecular weight excluding hydrogens is 458 g/mol. The SMILES string of the molecule is Cc1ccc(-c2nnc(SCC(=O)N3N=C(c4cccs4)C[C@H]3c3cccs3)n2C)cc1. The molecule has 1 aliphatic rings. The molecule has 0 spiro atoms. The van der Waals surface area contributed by atoms with Gasteiger partial charge in [-0.1, -0.05) is 53.7 Å². The molecule has 9 heteroatoms. The molecule has 0 bridgehead atoms. The molecule has 1 aliphatic heterocycles. The Morgan fingerprint density at radius 2 is 1.88 bits per heavy atom. The number of rotatable bonds is 6. The molecular formula is C23H21N5OS3. The minimum Gasteiger partial charge on any atom is -0.305 e. The molecule has 5 rings (SSSR count). The third-order valence-corrected chi connectivity index (χ3v) is 8.21. The zero-order valence-electron chi connectivity index (χ0n) is 17.6. The topological polar surface area (TPSA) is 63.4 Å². The van der Waals surface area contributed by atoms with Crippen molar-refractivity contribution in [2.45, 2.75) is 24.5 Å². The molecule has 0 saturated heterocycles. The molecule has 1 atom stereocenters. The Morgan fingerprint density at radius 3 is 2.59 bits per heavy atom. The monoisotopic (exact) mass is 479 g/mol. The van der Waals surface area contributed by atoms with Gasteiger partial charge in [-0.05, 0) is 29.8 Å². The van der Waals surface area contributed by atoms with Gasteiger partial charge in [0.1, 0.15) is 0 Å². The second-order valence-electron chi connectivity index (χ2n) is 7.52. The molecule has 4 heterocycles. The molecule has 0 fully saturated rings. The van der Waals surface area contributed by atoms with Crippen LogP contribution in [0.5, 0.6) is 0 Å². The Balaban J connectivity index is 1.33. The third kappa shape index (κ3) is 4.15. The van der Waals surface area contributed by atoms with E-state index in [1.165, 1.54) is 17.3 Å². The van der Waals surface area contributed by atoms with Gasteiger partial charge in [-0.25, -0.2) is 5.01 Å². The maximum atomic E-state index is 13.2. The molecule has 32 heavy (non-hydrogen) atoms. The zero-order chi connectivity index (χ0) is 22.1. The summed E-state index contributed by atoms with van der Waals surface area (Å²) in [6, 6.07) is 16.3. The lowest BCUT2D eigenvalue weighted by Crippen LogP contribution is -2.28. The van der Waals surface area contributed by atoms with E-state index < -0.39 is 0 Å². The van der Waals surface area contributed by atoms with E-state index >= 15 is 0 Å². The highest BCUT2D eigenvalue weighted by molar-refractivity contribution is 7.99. The lowest BCUT2D eigenvalue weighted by atomic mass is 10.1. The molecule has 0 aliphatic carbocycles. The van der Waals surface area contributed by atoms with Crippen molar-refractivity contribution < 1.29 is 4.79 Å². The van der Waals surface area contributed by atoms with Gasteiger partial charge in [0.25, 0.3) is 5.91 Å². The van der Waals surface area contributed by atoms with Crippen LogP contribution < -0.4 is 0 Å². The van der Waals surface area contributed by atoms with Gasteiger partial charge in [0.2, 0.25) is 0 Å². The molecule has 6 nitrogen and oxygen atoms in total. The first-order valence-electron chi connectivity index (χ1n) is 10.2. The highest BCUT2D eigenvalue weighted by Crippen LogP contribution is 2.36. The fourth-order valence-electron chi connectivity index (χ4n) is 3.62. The maximum absolute atomic E-state index is 13.2. The van der Waals surface area contributed by atoms with Crippen LogP contribution >= 0.6 is 34.4 Å². The number of nitrogens with zero attached hydrogens (tertiary/aromatic N) is 5. The largest absolute Gasteiger partial charge is 0.305 e. The number of amides is 1. The predicted octanol–water partition coefficient (Wildman–Crippen LogP) is 5.38. The molecule has 1 amide bonds. The molecule has 0 N–H and O–H groups in total. The van der Waals surface area contributed by atoms with Gasteiger partial charge in [-0.3, -0.25) is 4.79 Å². The predicted molar refractivity (Wildman–Crippen MR) is 131 cm³/mol.